The number of nitrogens with one attached hydrogen (secondary N) is 1. The summed E-state index contributed by atoms with van der Waals surface area (Å²) < 4.78 is 3.93. The molecule has 0 fully saturated rings. The smallest absolute Gasteiger partial charge is 0.0703 e. The summed E-state index contributed by atoms with van der Waals surface area (Å²) in [6, 6.07) is 10.6. The number of nitrogens with zero attached hydrogens (tertiary/aromatic N) is 2. The number of hydrogen-bond donors (Lipinski definition) is 1. The number of aromatic nitrogens is 2. The van der Waals surface area contributed by atoms with Gasteiger partial charge in [0, 0.05) is 0 Å². The summed E-state index contributed by atoms with van der Waals surface area (Å²) in [7, 11) is 0. The van der Waals surface area contributed by atoms with Crippen LogP contribution in [0.5, 0.6) is 0 Å². The Morgan fingerprint density at radius 2 is 2.12 bits per heavy atom. The van der Waals surface area contributed by atoms with Crippen LogP contribution in [0, 0.1) is 0 Å². The molecule has 0 saturated heterocycles. The Balaban J connectivity index is 2.21. The average molecular weight is 233 g/mol. The Morgan fingerprint density at radius 1 is 1.31 bits per heavy atom. The first kappa shape index (κ1) is 11.2. The molecule has 1 heterocycles. The minimum atomic E-state index is 0.223. The normalized spacial score (nSPS) is 12.6. The maximum atomic E-state index is 3.93. The van der Waals surface area contributed by atoms with Crippen LogP contribution in [-0.4, -0.2) is 16.1 Å². The number of benzene rings is 1. The topological polar surface area (TPSA) is 37.8 Å². The highest BCUT2D eigenvalue weighted by atomic mass is 32.1. The second-order valence-electron chi connectivity index (χ2n) is 3.62. The fourth-order valence-electron chi connectivity index (χ4n) is 1.62. The first-order chi connectivity index (χ1) is 7.92. The summed E-state index contributed by atoms with van der Waals surface area (Å²) >= 11 is 1.45. The fraction of sp³-hybridized carbons (Fsp3) is 0.333. The molecule has 0 radical (unpaired) electrons. The summed E-state index contributed by atoms with van der Waals surface area (Å²) in [5, 5.41) is 7.42. The van der Waals surface area contributed by atoms with Crippen molar-refractivity contribution in [2.75, 3.05) is 6.54 Å². The van der Waals surface area contributed by atoms with E-state index in [-0.39, 0.29) is 6.04 Å². The zero-order valence-electron chi connectivity index (χ0n) is 9.26. The highest BCUT2D eigenvalue weighted by Gasteiger charge is 2.14. The van der Waals surface area contributed by atoms with Gasteiger partial charge in [-0.15, -0.1) is 5.10 Å². The number of rotatable bonds is 5. The van der Waals surface area contributed by atoms with Gasteiger partial charge in [-0.25, -0.2) is 0 Å². The molecule has 0 aliphatic heterocycles. The molecule has 2 rings (SSSR count). The average Bonchev–Trinajstić information content (AvgIpc) is 2.85. The SMILES string of the molecule is CCCNC(c1ccccc1)c1cnns1. The molecule has 0 aliphatic rings. The maximum Gasteiger partial charge on any atom is 0.0703 e. The van der Waals surface area contributed by atoms with E-state index in [9.17, 15) is 0 Å². The van der Waals surface area contributed by atoms with Crippen molar-refractivity contribution in [1.82, 2.24) is 14.9 Å². The van der Waals surface area contributed by atoms with E-state index in [0.29, 0.717) is 0 Å². The minimum absolute atomic E-state index is 0.223. The van der Waals surface area contributed by atoms with E-state index < -0.39 is 0 Å². The molecule has 0 saturated carbocycles. The van der Waals surface area contributed by atoms with Crippen LogP contribution in [0.1, 0.15) is 29.8 Å². The molecule has 84 valence electrons. The molecule has 0 bridgehead atoms. The van der Waals surface area contributed by atoms with E-state index >= 15 is 0 Å². The lowest BCUT2D eigenvalue weighted by atomic mass is 10.1. The molecule has 3 nitrogen and oxygen atoms in total. The van der Waals surface area contributed by atoms with Crippen LogP contribution in [0.4, 0.5) is 0 Å². The summed E-state index contributed by atoms with van der Waals surface area (Å²) in [5.74, 6) is 0. The Morgan fingerprint density at radius 3 is 2.75 bits per heavy atom. The third kappa shape index (κ3) is 2.65. The van der Waals surface area contributed by atoms with Crippen molar-refractivity contribution >= 4 is 11.5 Å². The predicted molar refractivity (Wildman–Crippen MR) is 66.5 cm³/mol. The van der Waals surface area contributed by atoms with E-state index in [1.54, 1.807) is 0 Å². The largest absolute Gasteiger partial charge is 0.305 e. The molecule has 1 atom stereocenters. The molecule has 1 aromatic carbocycles. The highest BCUT2D eigenvalue weighted by Crippen LogP contribution is 2.23. The van der Waals surface area contributed by atoms with E-state index in [1.807, 2.05) is 12.3 Å². The monoisotopic (exact) mass is 233 g/mol. The van der Waals surface area contributed by atoms with Crippen molar-refractivity contribution in [3.05, 3.63) is 47.0 Å². The quantitative estimate of drug-likeness (QED) is 0.862. The van der Waals surface area contributed by atoms with Gasteiger partial charge in [0.15, 0.2) is 0 Å². The van der Waals surface area contributed by atoms with E-state index in [4.69, 9.17) is 0 Å². The first-order valence-electron chi connectivity index (χ1n) is 5.47. The molecule has 1 N–H and O–H groups in total. The van der Waals surface area contributed by atoms with Crippen molar-refractivity contribution in [2.24, 2.45) is 0 Å². The maximum absolute atomic E-state index is 3.93. The van der Waals surface area contributed by atoms with Crippen molar-refractivity contribution < 1.29 is 0 Å². The molecule has 1 aromatic heterocycles. The van der Waals surface area contributed by atoms with Crippen LogP contribution >= 0.6 is 11.5 Å². The molecular formula is C12H15N3S. The first-order valence-corrected chi connectivity index (χ1v) is 6.24. The van der Waals surface area contributed by atoms with E-state index in [2.05, 4.69) is 46.1 Å². The zero-order valence-corrected chi connectivity index (χ0v) is 10.1. The van der Waals surface area contributed by atoms with Gasteiger partial charge < -0.3 is 5.32 Å². The van der Waals surface area contributed by atoms with Gasteiger partial charge in [-0.05, 0) is 30.1 Å². The third-order valence-electron chi connectivity index (χ3n) is 2.39. The summed E-state index contributed by atoms with van der Waals surface area (Å²) in [5.41, 5.74) is 1.27. The Bertz CT molecular complexity index is 399. The van der Waals surface area contributed by atoms with Gasteiger partial charge in [-0.1, -0.05) is 41.7 Å². The molecular weight excluding hydrogens is 218 g/mol. The predicted octanol–water partition coefficient (Wildman–Crippen LogP) is 2.63. The zero-order chi connectivity index (χ0) is 11.2. The minimum Gasteiger partial charge on any atom is -0.305 e. The van der Waals surface area contributed by atoms with Crippen LogP contribution in [0.25, 0.3) is 0 Å². The summed E-state index contributed by atoms with van der Waals surface area (Å²) in [6.07, 6.45) is 2.96. The lowest BCUT2D eigenvalue weighted by Gasteiger charge is -2.16. The molecule has 1 unspecified atom stereocenters. The number of hydrogen-bond acceptors (Lipinski definition) is 4. The van der Waals surface area contributed by atoms with Gasteiger partial charge in [0.05, 0.1) is 17.1 Å². The second-order valence-corrected chi connectivity index (χ2v) is 4.43. The second kappa shape index (κ2) is 5.72. The molecule has 0 spiro atoms. The van der Waals surface area contributed by atoms with Crippen molar-refractivity contribution in [3.8, 4) is 0 Å². The fourth-order valence-corrected chi connectivity index (χ4v) is 2.23. The van der Waals surface area contributed by atoms with Gasteiger partial charge >= 0.3 is 0 Å². The standard InChI is InChI=1S/C12H15N3S/c1-2-8-13-12(11-9-14-15-16-11)10-6-4-3-5-7-10/h3-7,9,12-13H,2,8H2,1H3. The molecule has 0 amide bonds. The van der Waals surface area contributed by atoms with Crippen molar-refractivity contribution in [3.63, 3.8) is 0 Å². The lowest BCUT2D eigenvalue weighted by Crippen LogP contribution is -2.22. The van der Waals surface area contributed by atoms with Gasteiger partial charge in [-0.3, -0.25) is 0 Å². The summed E-state index contributed by atoms with van der Waals surface area (Å²) in [6.45, 7) is 3.16. The van der Waals surface area contributed by atoms with Crippen molar-refractivity contribution in [1.29, 1.82) is 0 Å². The molecule has 0 aliphatic carbocycles. The van der Waals surface area contributed by atoms with Gasteiger partial charge in [0.1, 0.15) is 0 Å². The highest BCUT2D eigenvalue weighted by molar-refractivity contribution is 7.05. The lowest BCUT2D eigenvalue weighted by molar-refractivity contribution is 0.605. The van der Waals surface area contributed by atoms with Gasteiger partial charge in [-0.2, -0.15) is 0 Å². The van der Waals surface area contributed by atoms with Crippen LogP contribution in [-0.2, 0) is 0 Å². The van der Waals surface area contributed by atoms with E-state index in [0.717, 1.165) is 13.0 Å². The van der Waals surface area contributed by atoms with Crippen LogP contribution in [0.3, 0.4) is 0 Å². The third-order valence-corrected chi connectivity index (χ3v) is 3.12. The molecule has 16 heavy (non-hydrogen) atoms. The summed E-state index contributed by atoms with van der Waals surface area (Å²) in [4.78, 5) is 1.17. The van der Waals surface area contributed by atoms with Crippen LogP contribution in [0.15, 0.2) is 36.5 Å². The Kier molecular flexibility index (Phi) is 4.02. The molecule has 2 aromatic rings. The van der Waals surface area contributed by atoms with E-state index in [1.165, 1.54) is 22.0 Å². The Hall–Kier alpha value is -1.26. The Labute approximate surface area is 99.7 Å². The van der Waals surface area contributed by atoms with Gasteiger partial charge in [0.25, 0.3) is 0 Å². The van der Waals surface area contributed by atoms with Crippen LogP contribution < -0.4 is 5.32 Å². The van der Waals surface area contributed by atoms with Crippen molar-refractivity contribution in [2.45, 2.75) is 19.4 Å². The van der Waals surface area contributed by atoms with Gasteiger partial charge in [0.2, 0.25) is 0 Å². The molecule has 4 heteroatoms. The van der Waals surface area contributed by atoms with Crippen LogP contribution in [0.2, 0.25) is 0 Å².